The average molecular weight is 340 g/mol. The molecule has 1 fully saturated rings. The van der Waals surface area contributed by atoms with Crippen LogP contribution in [0, 0.1) is 5.41 Å². The maximum Gasteiger partial charge on any atom is 0.313 e. The summed E-state index contributed by atoms with van der Waals surface area (Å²) in [4.78, 5) is 12.5. The molecule has 0 amide bonds. The van der Waals surface area contributed by atoms with E-state index in [1.807, 2.05) is 24.3 Å². The quantitative estimate of drug-likeness (QED) is 0.670. The minimum absolute atomic E-state index is 0.127. The number of hydrogen-bond acceptors (Lipinski definition) is 3. The third-order valence-electron chi connectivity index (χ3n) is 4.20. The first kappa shape index (κ1) is 15.5. The molecule has 2 N–H and O–H groups in total. The van der Waals surface area contributed by atoms with Crippen LogP contribution in [0.15, 0.2) is 28.7 Å². The van der Waals surface area contributed by atoms with E-state index in [1.165, 1.54) is 12.8 Å². The van der Waals surface area contributed by atoms with E-state index in [9.17, 15) is 4.79 Å². The highest BCUT2D eigenvalue weighted by Crippen LogP contribution is 2.35. The number of ether oxygens (including phenoxy) is 1. The second kappa shape index (κ2) is 7.23. The lowest BCUT2D eigenvalue weighted by Gasteiger charge is -2.28. The van der Waals surface area contributed by atoms with Gasteiger partial charge in [-0.15, -0.1) is 0 Å². The highest BCUT2D eigenvalue weighted by atomic mass is 79.9. The molecule has 0 aliphatic heterocycles. The largest absolute Gasteiger partial charge is 0.460 e. The lowest BCUT2D eigenvalue weighted by atomic mass is 9.80. The second-order valence-electron chi connectivity index (χ2n) is 5.57. The van der Waals surface area contributed by atoms with Crippen LogP contribution in [-0.4, -0.2) is 12.5 Å². The Balaban J connectivity index is 2.00. The molecule has 1 aromatic carbocycles. The molecule has 4 heteroatoms. The van der Waals surface area contributed by atoms with E-state index >= 15 is 0 Å². The summed E-state index contributed by atoms with van der Waals surface area (Å²) in [7, 11) is 0. The number of hydrogen-bond donors (Lipinski definition) is 1. The zero-order valence-electron chi connectivity index (χ0n) is 11.7. The predicted molar refractivity (Wildman–Crippen MR) is 83.1 cm³/mol. The molecular weight excluding hydrogens is 318 g/mol. The van der Waals surface area contributed by atoms with Gasteiger partial charge in [-0.1, -0.05) is 59.8 Å². The van der Waals surface area contributed by atoms with Gasteiger partial charge in [-0.2, -0.15) is 0 Å². The summed E-state index contributed by atoms with van der Waals surface area (Å²) < 4.78 is 6.52. The second-order valence-corrected chi connectivity index (χ2v) is 6.42. The lowest BCUT2D eigenvalue weighted by molar-refractivity contribution is -0.157. The summed E-state index contributed by atoms with van der Waals surface area (Å²) in [6.07, 6.45) is 6.25. The van der Waals surface area contributed by atoms with Crippen molar-refractivity contribution in [3.8, 4) is 0 Å². The van der Waals surface area contributed by atoms with Gasteiger partial charge >= 0.3 is 5.97 Å². The molecular formula is C16H22BrNO2. The average Bonchev–Trinajstić information content (AvgIpc) is 2.72. The fraction of sp³-hybridized carbons (Fsp3) is 0.562. The first-order valence-electron chi connectivity index (χ1n) is 7.29. The van der Waals surface area contributed by atoms with Crippen LogP contribution < -0.4 is 5.73 Å². The van der Waals surface area contributed by atoms with Gasteiger partial charge in [0.1, 0.15) is 6.61 Å². The number of rotatable bonds is 4. The fourth-order valence-corrected chi connectivity index (χ4v) is 3.21. The van der Waals surface area contributed by atoms with Gasteiger partial charge in [0.15, 0.2) is 0 Å². The molecule has 0 bridgehead atoms. The molecule has 1 aliphatic rings. The molecule has 0 heterocycles. The summed E-state index contributed by atoms with van der Waals surface area (Å²) in [5.41, 5.74) is 6.42. The standard InChI is InChI=1S/C16H22BrNO2/c17-14-8-4-3-7-13(14)11-20-15(19)16(12-18)9-5-1-2-6-10-16/h3-4,7-8H,1-2,5-6,9-12,18H2. The van der Waals surface area contributed by atoms with Crippen LogP contribution in [0.3, 0.4) is 0 Å². The molecule has 110 valence electrons. The molecule has 0 spiro atoms. The van der Waals surface area contributed by atoms with Gasteiger partial charge in [0.05, 0.1) is 5.41 Å². The van der Waals surface area contributed by atoms with Crippen molar-refractivity contribution in [1.82, 2.24) is 0 Å². The zero-order chi connectivity index (χ0) is 14.4. The van der Waals surface area contributed by atoms with E-state index in [-0.39, 0.29) is 5.97 Å². The van der Waals surface area contributed by atoms with Crippen LogP contribution in [0.1, 0.15) is 44.1 Å². The molecule has 1 aliphatic carbocycles. The highest BCUT2D eigenvalue weighted by Gasteiger charge is 2.38. The van der Waals surface area contributed by atoms with Crippen molar-refractivity contribution in [3.05, 3.63) is 34.3 Å². The number of benzene rings is 1. The van der Waals surface area contributed by atoms with Gasteiger partial charge in [-0.25, -0.2) is 0 Å². The number of carbonyl (C=O) groups excluding carboxylic acids is 1. The van der Waals surface area contributed by atoms with Gasteiger partial charge in [-0.3, -0.25) is 4.79 Å². The summed E-state index contributed by atoms with van der Waals surface area (Å²) in [6.45, 7) is 0.698. The Morgan fingerprint density at radius 1 is 1.20 bits per heavy atom. The summed E-state index contributed by atoms with van der Waals surface area (Å²) in [5.74, 6) is -0.127. The lowest BCUT2D eigenvalue weighted by Crippen LogP contribution is -2.39. The van der Waals surface area contributed by atoms with Crippen molar-refractivity contribution in [3.63, 3.8) is 0 Å². The van der Waals surface area contributed by atoms with Gasteiger partial charge < -0.3 is 10.5 Å². The molecule has 1 aromatic rings. The van der Waals surface area contributed by atoms with E-state index in [1.54, 1.807) is 0 Å². The summed E-state index contributed by atoms with van der Waals surface area (Å²) >= 11 is 3.47. The molecule has 2 rings (SSSR count). The first-order chi connectivity index (χ1) is 9.68. The first-order valence-corrected chi connectivity index (χ1v) is 8.08. The van der Waals surface area contributed by atoms with E-state index in [4.69, 9.17) is 10.5 Å². The van der Waals surface area contributed by atoms with Crippen molar-refractivity contribution < 1.29 is 9.53 Å². The third-order valence-corrected chi connectivity index (χ3v) is 4.97. The van der Waals surface area contributed by atoms with Crippen LogP contribution in [0.4, 0.5) is 0 Å². The Hall–Kier alpha value is -0.870. The number of carbonyl (C=O) groups is 1. The molecule has 0 radical (unpaired) electrons. The van der Waals surface area contributed by atoms with Gasteiger partial charge in [0.2, 0.25) is 0 Å². The Morgan fingerprint density at radius 3 is 2.45 bits per heavy atom. The van der Waals surface area contributed by atoms with Gasteiger partial charge in [-0.05, 0) is 18.9 Å². The van der Waals surface area contributed by atoms with Crippen LogP contribution in [0.25, 0.3) is 0 Å². The number of nitrogens with two attached hydrogens (primary N) is 1. The maximum absolute atomic E-state index is 12.5. The van der Waals surface area contributed by atoms with E-state index in [0.717, 1.165) is 35.7 Å². The normalized spacial score (nSPS) is 18.3. The Bertz CT molecular complexity index is 454. The Labute approximate surface area is 129 Å². The van der Waals surface area contributed by atoms with Crippen LogP contribution in [0.5, 0.6) is 0 Å². The van der Waals surface area contributed by atoms with Crippen molar-refractivity contribution >= 4 is 21.9 Å². The zero-order valence-corrected chi connectivity index (χ0v) is 13.3. The van der Waals surface area contributed by atoms with Crippen molar-refractivity contribution in [2.75, 3.05) is 6.54 Å². The highest BCUT2D eigenvalue weighted by molar-refractivity contribution is 9.10. The minimum Gasteiger partial charge on any atom is -0.460 e. The van der Waals surface area contributed by atoms with Crippen LogP contribution in [0.2, 0.25) is 0 Å². The Morgan fingerprint density at radius 2 is 1.85 bits per heavy atom. The van der Waals surface area contributed by atoms with Crippen molar-refractivity contribution in [1.29, 1.82) is 0 Å². The fourth-order valence-electron chi connectivity index (χ4n) is 2.81. The van der Waals surface area contributed by atoms with Gasteiger partial charge in [0.25, 0.3) is 0 Å². The Kier molecular flexibility index (Phi) is 5.61. The molecule has 0 saturated heterocycles. The minimum atomic E-state index is -0.461. The monoisotopic (exact) mass is 339 g/mol. The predicted octanol–water partition coefficient (Wildman–Crippen LogP) is 3.79. The SMILES string of the molecule is NCC1(C(=O)OCc2ccccc2Br)CCCCCC1. The van der Waals surface area contributed by atoms with Crippen LogP contribution >= 0.6 is 15.9 Å². The molecule has 3 nitrogen and oxygen atoms in total. The van der Waals surface area contributed by atoms with Crippen molar-refractivity contribution in [2.24, 2.45) is 11.1 Å². The smallest absolute Gasteiger partial charge is 0.313 e. The molecule has 0 unspecified atom stereocenters. The maximum atomic E-state index is 12.5. The van der Waals surface area contributed by atoms with E-state index in [0.29, 0.717) is 13.2 Å². The molecule has 0 aromatic heterocycles. The van der Waals surface area contributed by atoms with Gasteiger partial charge in [0, 0.05) is 16.6 Å². The molecule has 0 atom stereocenters. The van der Waals surface area contributed by atoms with Crippen molar-refractivity contribution in [2.45, 2.75) is 45.1 Å². The molecule has 20 heavy (non-hydrogen) atoms. The van der Waals surface area contributed by atoms with E-state index in [2.05, 4.69) is 15.9 Å². The third kappa shape index (κ3) is 3.61. The number of esters is 1. The molecule has 1 saturated carbocycles. The summed E-state index contributed by atoms with van der Waals surface area (Å²) in [6, 6.07) is 7.80. The van der Waals surface area contributed by atoms with E-state index < -0.39 is 5.41 Å². The topological polar surface area (TPSA) is 52.3 Å². The van der Waals surface area contributed by atoms with Crippen LogP contribution in [-0.2, 0) is 16.1 Å². The summed E-state index contributed by atoms with van der Waals surface area (Å²) in [5, 5.41) is 0. The number of halogens is 1.